The van der Waals surface area contributed by atoms with E-state index >= 15 is 0 Å². The lowest BCUT2D eigenvalue weighted by molar-refractivity contribution is -0.201. The van der Waals surface area contributed by atoms with Crippen LogP contribution in [0.15, 0.2) is 46.3 Å². The molecule has 7 heteroatoms. The standard InChI is InChI=1S/C16H16BrNO4S/c1-21-16(20)14(9-13-7-8-15(17)23-13)18(11-19)22-10-12-5-3-2-4-6-12/h2-8,11,14H,9-10H2,1H3/t14-/m0/s1. The van der Waals surface area contributed by atoms with Crippen molar-refractivity contribution < 1.29 is 19.2 Å². The zero-order chi connectivity index (χ0) is 16.7. The zero-order valence-electron chi connectivity index (χ0n) is 12.5. The molecule has 1 atom stereocenters. The number of rotatable bonds is 8. The van der Waals surface area contributed by atoms with Crippen molar-refractivity contribution in [3.05, 3.63) is 56.7 Å². The second kappa shape index (κ2) is 8.81. The fourth-order valence-corrected chi connectivity index (χ4v) is 3.50. The number of benzene rings is 1. The molecule has 0 aliphatic rings. The Labute approximate surface area is 146 Å². The normalized spacial score (nSPS) is 11.7. The Morgan fingerprint density at radius 2 is 2.04 bits per heavy atom. The van der Waals surface area contributed by atoms with E-state index in [1.165, 1.54) is 18.4 Å². The van der Waals surface area contributed by atoms with E-state index in [0.717, 1.165) is 19.3 Å². The fourth-order valence-electron chi connectivity index (χ4n) is 1.98. The van der Waals surface area contributed by atoms with Gasteiger partial charge in [0.2, 0.25) is 6.41 Å². The van der Waals surface area contributed by atoms with Crippen LogP contribution < -0.4 is 0 Å². The molecule has 0 fully saturated rings. The lowest BCUT2D eigenvalue weighted by atomic mass is 10.2. The van der Waals surface area contributed by atoms with Crippen LogP contribution >= 0.6 is 27.3 Å². The first-order valence-corrected chi connectivity index (χ1v) is 8.47. The Balaban J connectivity index is 2.08. The van der Waals surface area contributed by atoms with E-state index in [4.69, 9.17) is 9.57 Å². The second-order valence-electron chi connectivity index (χ2n) is 4.67. The molecule has 1 heterocycles. The number of hydrogen-bond acceptors (Lipinski definition) is 5. The number of thiophene rings is 1. The van der Waals surface area contributed by atoms with Gasteiger partial charge in [-0.1, -0.05) is 30.3 Å². The van der Waals surface area contributed by atoms with Gasteiger partial charge in [0, 0.05) is 11.3 Å². The molecule has 2 aromatic rings. The molecule has 0 saturated heterocycles. The summed E-state index contributed by atoms with van der Waals surface area (Å²) in [4.78, 5) is 29.8. The minimum atomic E-state index is -0.827. The highest BCUT2D eigenvalue weighted by molar-refractivity contribution is 9.11. The van der Waals surface area contributed by atoms with Gasteiger partial charge in [0.25, 0.3) is 0 Å². The highest BCUT2D eigenvalue weighted by atomic mass is 79.9. The molecule has 0 saturated carbocycles. The van der Waals surface area contributed by atoms with Crippen molar-refractivity contribution in [2.75, 3.05) is 7.11 Å². The van der Waals surface area contributed by atoms with Crippen LogP contribution in [-0.2, 0) is 32.2 Å². The van der Waals surface area contributed by atoms with Gasteiger partial charge in [-0.05, 0) is 33.6 Å². The van der Waals surface area contributed by atoms with Gasteiger partial charge >= 0.3 is 5.97 Å². The number of carbonyl (C=O) groups is 2. The number of nitrogens with zero attached hydrogens (tertiary/aromatic N) is 1. The van der Waals surface area contributed by atoms with Gasteiger partial charge < -0.3 is 4.74 Å². The van der Waals surface area contributed by atoms with Crippen LogP contribution in [0.4, 0.5) is 0 Å². The molecular formula is C16H16BrNO4S. The number of methoxy groups -OCH3 is 1. The molecule has 0 N–H and O–H groups in total. The van der Waals surface area contributed by atoms with Crippen LogP contribution in [-0.4, -0.2) is 30.6 Å². The Kier molecular flexibility index (Phi) is 6.76. The molecule has 0 spiro atoms. The number of carbonyl (C=O) groups excluding carboxylic acids is 2. The molecule has 1 aromatic heterocycles. The summed E-state index contributed by atoms with van der Waals surface area (Å²) in [6.07, 6.45) is 0.837. The maximum absolute atomic E-state index is 12.0. The van der Waals surface area contributed by atoms with E-state index < -0.39 is 12.0 Å². The largest absolute Gasteiger partial charge is 0.467 e. The van der Waals surface area contributed by atoms with Crippen LogP contribution in [0.1, 0.15) is 10.4 Å². The number of halogens is 1. The first kappa shape index (κ1) is 17.7. The number of ether oxygens (including phenoxy) is 1. The van der Waals surface area contributed by atoms with Crippen molar-refractivity contribution in [2.45, 2.75) is 19.1 Å². The molecule has 1 aromatic carbocycles. The van der Waals surface area contributed by atoms with Crippen molar-refractivity contribution in [3.8, 4) is 0 Å². The van der Waals surface area contributed by atoms with E-state index in [2.05, 4.69) is 15.9 Å². The van der Waals surface area contributed by atoms with E-state index in [-0.39, 0.29) is 6.61 Å². The SMILES string of the molecule is COC(=O)[C@H](Cc1ccc(Br)s1)N(C=O)OCc1ccccc1. The van der Waals surface area contributed by atoms with Crippen LogP contribution in [0.5, 0.6) is 0 Å². The van der Waals surface area contributed by atoms with Crippen molar-refractivity contribution in [3.63, 3.8) is 0 Å². The maximum atomic E-state index is 12.0. The molecular weight excluding hydrogens is 382 g/mol. The van der Waals surface area contributed by atoms with Gasteiger partial charge in [0.15, 0.2) is 6.04 Å². The first-order valence-electron chi connectivity index (χ1n) is 6.86. The monoisotopic (exact) mass is 397 g/mol. The van der Waals surface area contributed by atoms with Gasteiger partial charge in [0.05, 0.1) is 10.9 Å². The topological polar surface area (TPSA) is 55.8 Å². The van der Waals surface area contributed by atoms with Gasteiger partial charge in [-0.2, -0.15) is 0 Å². The Morgan fingerprint density at radius 3 is 2.61 bits per heavy atom. The summed E-state index contributed by atoms with van der Waals surface area (Å²) in [6, 6.07) is 12.4. The third-order valence-corrected chi connectivity index (χ3v) is 4.78. The highest BCUT2D eigenvalue weighted by Gasteiger charge is 2.28. The third-order valence-electron chi connectivity index (χ3n) is 3.13. The van der Waals surface area contributed by atoms with E-state index in [1.54, 1.807) is 0 Å². The molecule has 0 unspecified atom stereocenters. The van der Waals surface area contributed by atoms with Crippen LogP contribution in [0, 0.1) is 0 Å². The molecule has 23 heavy (non-hydrogen) atoms. The average molecular weight is 398 g/mol. The minimum absolute atomic E-state index is 0.196. The second-order valence-corrected chi connectivity index (χ2v) is 7.22. The fraction of sp³-hybridized carbons (Fsp3) is 0.250. The summed E-state index contributed by atoms with van der Waals surface area (Å²) in [5, 5.41) is 1.02. The molecule has 0 aliphatic carbocycles. The zero-order valence-corrected chi connectivity index (χ0v) is 14.9. The molecule has 1 amide bonds. The van der Waals surface area contributed by atoms with Gasteiger partial charge in [0.1, 0.15) is 6.61 Å². The van der Waals surface area contributed by atoms with Crippen LogP contribution in [0.3, 0.4) is 0 Å². The smallest absolute Gasteiger partial charge is 0.331 e. The third kappa shape index (κ3) is 5.16. The summed E-state index contributed by atoms with van der Waals surface area (Å²) < 4.78 is 5.76. The predicted molar refractivity (Wildman–Crippen MR) is 90.7 cm³/mol. The van der Waals surface area contributed by atoms with E-state index in [1.807, 2.05) is 42.5 Å². The number of hydrogen-bond donors (Lipinski definition) is 0. The van der Waals surface area contributed by atoms with Crippen molar-refractivity contribution >= 4 is 39.6 Å². The van der Waals surface area contributed by atoms with Crippen LogP contribution in [0.2, 0.25) is 0 Å². The van der Waals surface area contributed by atoms with Gasteiger partial charge in [-0.25, -0.2) is 9.86 Å². The summed E-state index contributed by atoms with van der Waals surface area (Å²) in [5.41, 5.74) is 0.904. The summed E-state index contributed by atoms with van der Waals surface area (Å²) >= 11 is 4.88. The number of esters is 1. The summed E-state index contributed by atoms with van der Waals surface area (Å²) in [6.45, 7) is 0.196. The Morgan fingerprint density at radius 1 is 1.30 bits per heavy atom. The summed E-state index contributed by atoms with van der Waals surface area (Å²) in [7, 11) is 1.29. The molecule has 122 valence electrons. The Hall–Kier alpha value is -1.70. The quantitative estimate of drug-likeness (QED) is 0.389. The lowest BCUT2D eigenvalue weighted by Gasteiger charge is -2.24. The lowest BCUT2D eigenvalue weighted by Crippen LogP contribution is -2.42. The van der Waals surface area contributed by atoms with Gasteiger partial charge in [-0.15, -0.1) is 11.3 Å². The van der Waals surface area contributed by atoms with Crippen molar-refractivity contribution in [1.82, 2.24) is 5.06 Å². The minimum Gasteiger partial charge on any atom is -0.467 e. The van der Waals surface area contributed by atoms with Crippen molar-refractivity contribution in [1.29, 1.82) is 0 Å². The van der Waals surface area contributed by atoms with E-state index in [9.17, 15) is 9.59 Å². The summed E-state index contributed by atoms with van der Waals surface area (Å²) in [5.74, 6) is -0.519. The van der Waals surface area contributed by atoms with E-state index in [0.29, 0.717) is 12.8 Å². The Bertz CT molecular complexity index is 647. The average Bonchev–Trinajstić information content (AvgIpc) is 2.99. The molecule has 5 nitrogen and oxygen atoms in total. The predicted octanol–water partition coefficient (Wildman–Crippen LogP) is 3.18. The number of hydroxylamine groups is 2. The van der Waals surface area contributed by atoms with Crippen molar-refractivity contribution in [2.24, 2.45) is 0 Å². The molecule has 0 bridgehead atoms. The molecule has 2 rings (SSSR count). The van der Waals surface area contributed by atoms with Gasteiger partial charge in [-0.3, -0.25) is 9.63 Å². The highest BCUT2D eigenvalue weighted by Crippen LogP contribution is 2.24. The molecule has 0 radical (unpaired) electrons. The number of amides is 1. The molecule has 0 aliphatic heterocycles. The van der Waals surface area contributed by atoms with Crippen LogP contribution in [0.25, 0.3) is 0 Å². The first-order chi connectivity index (χ1) is 11.1. The maximum Gasteiger partial charge on any atom is 0.331 e.